The van der Waals surface area contributed by atoms with Gasteiger partial charge in [-0.3, -0.25) is 4.98 Å². The third-order valence-corrected chi connectivity index (χ3v) is 2.66. The van der Waals surface area contributed by atoms with Crippen LogP contribution in [0.15, 0.2) is 35.3 Å². The minimum Gasteiger partial charge on any atom is -0.462 e. The molecule has 2 rings (SSSR count). The highest BCUT2D eigenvalue weighted by molar-refractivity contribution is 9.10. The van der Waals surface area contributed by atoms with Gasteiger partial charge in [-0.25, -0.2) is 9.48 Å². The number of pyridine rings is 1. The van der Waals surface area contributed by atoms with Gasteiger partial charge in [0.2, 0.25) is 0 Å². The quantitative estimate of drug-likeness (QED) is 0.815. The minimum absolute atomic E-state index is 0.337. The highest BCUT2D eigenvalue weighted by Crippen LogP contribution is 2.17. The molecule has 0 aliphatic rings. The lowest BCUT2D eigenvalue weighted by atomic mass is 10.3. The Kier molecular flexibility index (Phi) is 3.53. The summed E-state index contributed by atoms with van der Waals surface area (Å²) in [6.45, 7) is 2.10. The number of hydrogen-bond donors (Lipinski definition) is 0. The van der Waals surface area contributed by atoms with Crippen molar-refractivity contribution >= 4 is 21.9 Å². The molecule has 0 radical (unpaired) electrons. The average Bonchev–Trinajstić information content (AvgIpc) is 2.73. The van der Waals surface area contributed by atoms with Gasteiger partial charge in [-0.05, 0) is 35.0 Å². The molecule has 0 unspecified atom stereocenters. The Morgan fingerprint density at radius 1 is 1.59 bits per heavy atom. The molecule has 17 heavy (non-hydrogen) atoms. The van der Waals surface area contributed by atoms with Crippen LogP contribution < -0.4 is 0 Å². The van der Waals surface area contributed by atoms with E-state index in [-0.39, 0.29) is 0 Å². The van der Waals surface area contributed by atoms with Crippen molar-refractivity contribution in [3.8, 4) is 5.69 Å². The smallest absolute Gasteiger partial charge is 0.342 e. The Bertz CT molecular complexity index is 525. The van der Waals surface area contributed by atoms with E-state index in [1.54, 1.807) is 36.3 Å². The Labute approximate surface area is 107 Å². The zero-order valence-electron chi connectivity index (χ0n) is 9.13. The van der Waals surface area contributed by atoms with Gasteiger partial charge in [-0.15, -0.1) is 0 Å². The molecule has 0 atom stereocenters. The van der Waals surface area contributed by atoms with Crippen molar-refractivity contribution < 1.29 is 9.53 Å². The summed E-state index contributed by atoms with van der Waals surface area (Å²) < 4.78 is 6.95. The lowest BCUT2D eigenvalue weighted by Crippen LogP contribution is -2.04. The molecule has 0 amide bonds. The first kappa shape index (κ1) is 11.8. The third kappa shape index (κ3) is 2.52. The Hall–Kier alpha value is -1.69. The Balaban J connectivity index is 2.34. The van der Waals surface area contributed by atoms with Crippen LogP contribution in [0.2, 0.25) is 0 Å². The van der Waals surface area contributed by atoms with E-state index in [0.717, 1.165) is 5.69 Å². The molecule has 6 heteroatoms. The van der Waals surface area contributed by atoms with Crippen LogP contribution in [0.5, 0.6) is 0 Å². The largest absolute Gasteiger partial charge is 0.462 e. The fourth-order valence-electron chi connectivity index (χ4n) is 1.32. The summed E-state index contributed by atoms with van der Waals surface area (Å²) in [4.78, 5) is 15.6. The standard InChI is InChI=1S/C11H10BrN3O2/c1-2-17-11(16)9-7-15(14-10(9)12)8-4-3-5-13-6-8/h3-7H,2H2,1H3. The number of hydrogen-bond acceptors (Lipinski definition) is 4. The summed E-state index contributed by atoms with van der Waals surface area (Å²) in [5.41, 5.74) is 1.18. The lowest BCUT2D eigenvalue weighted by molar-refractivity contribution is 0.0525. The van der Waals surface area contributed by atoms with Crippen LogP contribution in [0.3, 0.4) is 0 Å². The van der Waals surface area contributed by atoms with Gasteiger partial charge in [-0.2, -0.15) is 5.10 Å². The van der Waals surface area contributed by atoms with E-state index >= 15 is 0 Å². The maximum atomic E-state index is 11.6. The maximum Gasteiger partial charge on any atom is 0.342 e. The molecular weight excluding hydrogens is 286 g/mol. The molecule has 0 N–H and O–H groups in total. The highest BCUT2D eigenvalue weighted by Gasteiger charge is 2.16. The van der Waals surface area contributed by atoms with Gasteiger partial charge >= 0.3 is 5.97 Å². The first-order valence-electron chi connectivity index (χ1n) is 5.05. The number of carbonyl (C=O) groups excluding carboxylic acids is 1. The van der Waals surface area contributed by atoms with Crippen molar-refractivity contribution in [2.24, 2.45) is 0 Å². The van der Waals surface area contributed by atoms with E-state index in [1.165, 1.54) is 0 Å². The van der Waals surface area contributed by atoms with Gasteiger partial charge < -0.3 is 4.74 Å². The van der Waals surface area contributed by atoms with Gasteiger partial charge in [0, 0.05) is 12.4 Å². The van der Waals surface area contributed by atoms with E-state index in [0.29, 0.717) is 16.8 Å². The van der Waals surface area contributed by atoms with Crippen LogP contribution in [0.25, 0.3) is 5.69 Å². The second-order valence-electron chi connectivity index (χ2n) is 3.21. The number of ether oxygens (including phenoxy) is 1. The SMILES string of the molecule is CCOC(=O)c1cn(-c2cccnc2)nc1Br. The summed E-state index contributed by atoms with van der Waals surface area (Å²) in [6.07, 6.45) is 4.95. The maximum absolute atomic E-state index is 11.6. The van der Waals surface area contributed by atoms with E-state index in [1.807, 2.05) is 6.07 Å². The van der Waals surface area contributed by atoms with E-state index in [4.69, 9.17) is 4.74 Å². The molecule has 2 aromatic rings. The van der Waals surface area contributed by atoms with Crippen LogP contribution in [0, 0.1) is 0 Å². The predicted octanol–water partition coefficient (Wildman–Crippen LogP) is 2.21. The zero-order valence-corrected chi connectivity index (χ0v) is 10.7. The van der Waals surface area contributed by atoms with Gasteiger partial charge in [0.05, 0.1) is 18.5 Å². The second kappa shape index (κ2) is 5.09. The number of carbonyl (C=O) groups is 1. The van der Waals surface area contributed by atoms with Gasteiger partial charge in [-0.1, -0.05) is 0 Å². The molecule has 0 aromatic carbocycles. The van der Waals surface area contributed by atoms with E-state index in [9.17, 15) is 4.79 Å². The predicted molar refractivity (Wildman–Crippen MR) is 65.0 cm³/mol. The van der Waals surface area contributed by atoms with Crippen LogP contribution in [-0.4, -0.2) is 27.3 Å². The number of halogens is 1. The zero-order chi connectivity index (χ0) is 12.3. The Morgan fingerprint density at radius 3 is 3.06 bits per heavy atom. The average molecular weight is 296 g/mol. The molecule has 5 nitrogen and oxygen atoms in total. The summed E-state index contributed by atoms with van der Waals surface area (Å²) >= 11 is 3.23. The monoisotopic (exact) mass is 295 g/mol. The molecule has 0 fully saturated rings. The fourth-order valence-corrected chi connectivity index (χ4v) is 1.76. The number of esters is 1. The topological polar surface area (TPSA) is 57.0 Å². The second-order valence-corrected chi connectivity index (χ2v) is 3.96. The molecule has 0 aliphatic heterocycles. The molecule has 0 saturated carbocycles. The molecule has 0 bridgehead atoms. The molecule has 88 valence electrons. The number of nitrogens with zero attached hydrogens (tertiary/aromatic N) is 3. The van der Waals surface area contributed by atoms with Crippen molar-refractivity contribution in [3.05, 3.63) is 40.9 Å². The molecule has 0 spiro atoms. The first-order chi connectivity index (χ1) is 8.22. The number of rotatable bonds is 3. The van der Waals surface area contributed by atoms with E-state index < -0.39 is 5.97 Å². The van der Waals surface area contributed by atoms with Crippen molar-refractivity contribution in [2.45, 2.75) is 6.92 Å². The summed E-state index contributed by atoms with van der Waals surface area (Å²) in [5, 5.41) is 4.18. The van der Waals surface area contributed by atoms with Crippen molar-refractivity contribution in [3.63, 3.8) is 0 Å². The Morgan fingerprint density at radius 2 is 2.41 bits per heavy atom. The van der Waals surface area contributed by atoms with Crippen molar-refractivity contribution in [2.75, 3.05) is 6.61 Å². The van der Waals surface area contributed by atoms with Gasteiger partial charge in [0.1, 0.15) is 10.2 Å². The van der Waals surface area contributed by atoms with Gasteiger partial charge in [0.15, 0.2) is 0 Å². The lowest BCUT2D eigenvalue weighted by Gasteiger charge is -1.98. The molecule has 0 saturated heterocycles. The highest BCUT2D eigenvalue weighted by atomic mass is 79.9. The minimum atomic E-state index is -0.394. The fraction of sp³-hybridized carbons (Fsp3) is 0.182. The summed E-state index contributed by atoms with van der Waals surface area (Å²) in [5.74, 6) is -0.394. The summed E-state index contributed by atoms with van der Waals surface area (Å²) in [7, 11) is 0. The van der Waals surface area contributed by atoms with Crippen molar-refractivity contribution in [1.82, 2.24) is 14.8 Å². The molecule has 2 aromatic heterocycles. The normalized spacial score (nSPS) is 10.2. The van der Waals surface area contributed by atoms with Crippen molar-refractivity contribution in [1.29, 1.82) is 0 Å². The molecule has 2 heterocycles. The molecule has 0 aliphatic carbocycles. The van der Waals surface area contributed by atoms with Crippen LogP contribution in [0.4, 0.5) is 0 Å². The van der Waals surface area contributed by atoms with E-state index in [2.05, 4.69) is 26.0 Å². The third-order valence-electron chi connectivity index (χ3n) is 2.07. The summed E-state index contributed by atoms with van der Waals surface area (Å²) in [6, 6.07) is 3.65. The molecular formula is C11H10BrN3O2. The number of aromatic nitrogens is 3. The van der Waals surface area contributed by atoms with Gasteiger partial charge in [0.25, 0.3) is 0 Å². The first-order valence-corrected chi connectivity index (χ1v) is 5.84. The van der Waals surface area contributed by atoms with Crippen LogP contribution in [0.1, 0.15) is 17.3 Å². The van der Waals surface area contributed by atoms with Crippen LogP contribution in [-0.2, 0) is 4.74 Å². The van der Waals surface area contributed by atoms with Crippen LogP contribution >= 0.6 is 15.9 Å².